The van der Waals surface area contributed by atoms with Crippen molar-refractivity contribution >= 4 is 28.8 Å². The average Bonchev–Trinajstić information content (AvgIpc) is 3.55. The zero-order valence-electron chi connectivity index (χ0n) is 23.2. The third kappa shape index (κ3) is 4.93. The molecule has 0 spiro atoms. The number of piperidine rings is 1. The van der Waals surface area contributed by atoms with Crippen molar-refractivity contribution in [3.8, 4) is 5.75 Å². The Balaban J connectivity index is 1.60. The molecular weight excluding hydrogens is 492 g/mol. The summed E-state index contributed by atoms with van der Waals surface area (Å²) in [6.07, 6.45) is 3.79. The highest BCUT2D eigenvalue weighted by Crippen LogP contribution is 2.44. The van der Waals surface area contributed by atoms with E-state index in [2.05, 4.69) is 32.6 Å². The smallest absolute Gasteiger partial charge is 0.300 e. The first-order valence-electron chi connectivity index (χ1n) is 13.5. The van der Waals surface area contributed by atoms with Crippen LogP contribution in [-0.4, -0.2) is 37.0 Å². The maximum absolute atomic E-state index is 13.5. The summed E-state index contributed by atoms with van der Waals surface area (Å²) in [6.45, 7) is 10.5. The lowest BCUT2D eigenvalue weighted by Crippen LogP contribution is -2.33. The minimum atomic E-state index is -0.926. The summed E-state index contributed by atoms with van der Waals surface area (Å²) in [5, 5.41) is 11.6. The molecule has 7 nitrogen and oxygen atoms in total. The van der Waals surface area contributed by atoms with E-state index in [9.17, 15) is 14.7 Å². The minimum Gasteiger partial charge on any atom is -0.507 e. The standard InChI is InChI=1S/C32H36N2O5/c1-20-14-16-33(17-15-20)22-9-11-23(12-10-22)34-28(26-7-6-18-39-26)27(30(36)31(34)37)29(35)24-19-21(32(2,3)4)8-13-25(24)38-5/h6-13,18-20,28,35H,14-17H2,1-5H3/b29-27+. The van der Waals surface area contributed by atoms with E-state index in [1.54, 1.807) is 18.2 Å². The van der Waals surface area contributed by atoms with Crippen LogP contribution in [0.2, 0.25) is 0 Å². The fourth-order valence-electron chi connectivity index (χ4n) is 5.41. The minimum absolute atomic E-state index is 0.0339. The second kappa shape index (κ2) is 10.3. The lowest BCUT2D eigenvalue weighted by Gasteiger charge is -2.32. The van der Waals surface area contributed by atoms with Crippen LogP contribution < -0.4 is 14.5 Å². The van der Waals surface area contributed by atoms with E-state index in [0.29, 0.717) is 22.8 Å². The van der Waals surface area contributed by atoms with E-state index in [4.69, 9.17) is 9.15 Å². The molecule has 2 aliphatic heterocycles. The van der Waals surface area contributed by atoms with Crippen LogP contribution in [0.1, 0.15) is 63.5 Å². The van der Waals surface area contributed by atoms with Crippen LogP contribution in [0.15, 0.2) is 70.9 Å². The van der Waals surface area contributed by atoms with Crippen molar-refractivity contribution in [3.63, 3.8) is 0 Å². The number of aliphatic hydroxyl groups excluding tert-OH is 1. The van der Waals surface area contributed by atoms with Crippen molar-refractivity contribution in [1.29, 1.82) is 0 Å². The maximum atomic E-state index is 13.5. The SMILES string of the molecule is COc1ccc(C(C)(C)C)cc1/C(O)=C1\C(=O)C(=O)N(c2ccc(N3CCC(C)CC3)cc2)C1c1ccco1. The quantitative estimate of drug-likeness (QED) is 0.233. The molecule has 0 aliphatic carbocycles. The van der Waals surface area contributed by atoms with Crippen molar-refractivity contribution < 1.29 is 23.8 Å². The number of anilines is 2. The molecule has 3 aromatic rings. The third-order valence-electron chi connectivity index (χ3n) is 7.85. The van der Waals surface area contributed by atoms with E-state index in [1.807, 2.05) is 36.4 Å². The molecule has 39 heavy (non-hydrogen) atoms. The van der Waals surface area contributed by atoms with Crippen molar-refractivity contribution in [2.45, 2.75) is 52.0 Å². The number of carbonyl (C=O) groups is 2. The monoisotopic (exact) mass is 528 g/mol. The van der Waals surface area contributed by atoms with Crippen LogP contribution >= 0.6 is 0 Å². The predicted octanol–water partition coefficient (Wildman–Crippen LogP) is 6.45. The largest absolute Gasteiger partial charge is 0.507 e. The number of furan rings is 1. The highest BCUT2D eigenvalue weighted by molar-refractivity contribution is 6.51. The fraction of sp³-hybridized carbons (Fsp3) is 0.375. The number of rotatable bonds is 5. The molecule has 2 aliphatic rings. The van der Waals surface area contributed by atoms with Crippen LogP contribution in [0.4, 0.5) is 11.4 Å². The Morgan fingerprint density at radius 2 is 1.67 bits per heavy atom. The van der Waals surface area contributed by atoms with E-state index in [1.165, 1.54) is 18.3 Å². The van der Waals surface area contributed by atoms with Gasteiger partial charge in [0.05, 0.1) is 24.5 Å². The number of hydrogen-bond acceptors (Lipinski definition) is 6. The van der Waals surface area contributed by atoms with Crippen molar-refractivity contribution in [2.75, 3.05) is 30.0 Å². The Kier molecular flexibility index (Phi) is 7.02. The van der Waals surface area contributed by atoms with E-state index in [0.717, 1.165) is 43.1 Å². The number of hydrogen-bond donors (Lipinski definition) is 1. The topological polar surface area (TPSA) is 83.2 Å². The lowest BCUT2D eigenvalue weighted by molar-refractivity contribution is -0.132. The summed E-state index contributed by atoms with van der Waals surface area (Å²) in [5.41, 5.74) is 2.71. The first kappa shape index (κ1) is 26.6. The van der Waals surface area contributed by atoms with Gasteiger partial charge < -0.3 is 19.2 Å². The molecule has 0 saturated carbocycles. The van der Waals surface area contributed by atoms with Crippen LogP contribution in [0.3, 0.4) is 0 Å². The van der Waals surface area contributed by atoms with Gasteiger partial charge in [-0.2, -0.15) is 0 Å². The van der Waals surface area contributed by atoms with Gasteiger partial charge in [-0.1, -0.05) is 33.8 Å². The van der Waals surface area contributed by atoms with Gasteiger partial charge in [-0.25, -0.2) is 0 Å². The molecule has 1 atom stereocenters. The van der Waals surface area contributed by atoms with Crippen LogP contribution in [0.25, 0.3) is 5.76 Å². The second-order valence-corrected chi connectivity index (χ2v) is 11.5. The van der Waals surface area contributed by atoms with E-state index >= 15 is 0 Å². The summed E-state index contributed by atoms with van der Waals surface area (Å²) in [5.74, 6) is -0.266. The van der Waals surface area contributed by atoms with Crippen molar-refractivity contribution in [2.24, 2.45) is 5.92 Å². The third-order valence-corrected chi connectivity index (χ3v) is 7.85. The van der Waals surface area contributed by atoms with E-state index < -0.39 is 17.7 Å². The molecule has 1 N–H and O–H groups in total. The number of amides is 1. The predicted molar refractivity (Wildman–Crippen MR) is 152 cm³/mol. The van der Waals surface area contributed by atoms with Crippen LogP contribution in [0, 0.1) is 5.92 Å². The van der Waals surface area contributed by atoms with Gasteiger partial charge in [0.15, 0.2) is 0 Å². The van der Waals surface area contributed by atoms with Gasteiger partial charge in [-0.15, -0.1) is 0 Å². The first-order chi connectivity index (χ1) is 18.6. The molecule has 1 unspecified atom stereocenters. The van der Waals surface area contributed by atoms with E-state index in [-0.39, 0.29) is 16.7 Å². The zero-order valence-corrected chi connectivity index (χ0v) is 23.2. The number of carbonyl (C=O) groups excluding carboxylic acids is 2. The Hall–Kier alpha value is -4.00. The number of aliphatic hydroxyl groups is 1. The van der Waals surface area contributed by atoms with Gasteiger partial charge in [0.25, 0.3) is 11.7 Å². The van der Waals surface area contributed by atoms with Gasteiger partial charge in [-0.3, -0.25) is 14.5 Å². The molecule has 2 fully saturated rings. The molecule has 1 amide bonds. The molecular formula is C32H36N2O5. The summed E-state index contributed by atoms with van der Waals surface area (Å²) in [4.78, 5) is 30.8. The second-order valence-electron chi connectivity index (χ2n) is 11.5. The summed E-state index contributed by atoms with van der Waals surface area (Å²) >= 11 is 0. The van der Waals surface area contributed by atoms with Crippen LogP contribution in [-0.2, 0) is 15.0 Å². The highest BCUT2D eigenvalue weighted by atomic mass is 16.5. The Bertz CT molecular complexity index is 1390. The lowest BCUT2D eigenvalue weighted by atomic mass is 9.85. The van der Waals surface area contributed by atoms with Crippen molar-refractivity contribution in [3.05, 3.63) is 83.3 Å². The average molecular weight is 529 g/mol. The number of ether oxygens (including phenoxy) is 1. The molecule has 2 aromatic carbocycles. The maximum Gasteiger partial charge on any atom is 0.300 e. The molecule has 2 saturated heterocycles. The molecule has 0 radical (unpaired) electrons. The van der Waals surface area contributed by atoms with Gasteiger partial charge in [0.1, 0.15) is 23.3 Å². The van der Waals surface area contributed by atoms with Crippen molar-refractivity contribution in [1.82, 2.24) is 0 Å². The summed E-state index contributed by atoms with van der Waals surface area (Å²) in [7, 11) is 1.51. The Labute approximate surface area is 229 Å². The molecule has 7 heteroatoms. The van der Waals surface area contributed by atoms with Crippen LogP contribution in [0.5, 0.6) is 5.75 Å². The number of benzene rings is 2. The Morgan fingerprint density at radius 3 is 2.26 bits per heavy atom. The van der Waals surface area contributed by atoms with Gasteiger partial charge in [0, 0.05) is 24.5 Å². The number of Topliss-reactive ketones (excluding diaryl/α,β-unsaturated/α-hetero) is 1. The number of nitrogens with zero attached hydrogens (tertiary/aromatic N) is 2. The number of ketones is 1. The normalized spacial score (nSPS) is 20.1. The fourth-order valence-corrected chi connectivity index (χ4v) is 5.41. The zero-order chi connectivity index (χ0) is 27.9. The molecule has 3 heterocycles. The van der Waals surface area contributed by atoms with Gasteiger partial charge in [0.2, 0.25) is 0 Å². The summed E-state index contributed by atoms with van der Waals surface area (Å²) < 4.78 is 11.3. The summed E-state index contributed by atoms with van der Waals surface area (Å²) in [6, 6.07) is 15.7. The molecule has 0 bridgehead atoms. The number of methoxy groups -OCH3 is 1. The molecule has 1 aromatic heterocycles. The highest BCUT2D eigenvalue weighted by Gasteiger charge is 2.48. The Morgan fingerprint density at radius 1 is 1.00 bits per heavy atom. The first-order valence-corrected chi connectivity index (χ1v) is 13.5. The molecule has 204 valence electrons. The molecule has 5 rings (SSSR count). The van der Waals surface area contributed by atoms with Gasteiger partial charge in [-0.05, 0) is 78.3 Å². The van der Waals surface area contributed by atoms with Gasteiger partial charge >= 0.3 is 0 Å².